The van der Waals surface area contributed by atoms with Gasteiger partial charge in [0.2, 0.25) is 0 Å². The molecular weight excluding hydrogens is 983 g/mol. The SMILES string of the molecule is CC/C=C\C/C=C\C/C=C\C/C=C\C/C=C\C/C=C\C/C=C\C/C=C\CCCCCCCCCCCCCCCCCCC(=O)OC(COC(=O)CCCCCCC/C=C\CCCCCC)COC(OCC[N+](C)(C)C)C(=O)O. The molecule has 0 heterocycles. The molecule has 0 radical (unpaired) electrons. The van der Waals surface area contributed by atoms with Gasteiger partial charge in [0.25, 0.3) is 6.29 Å². The molecule has 0 saturated heterocycles. The third kappa shape index (κ3) is 61.4. The van der Waals surface area contributed by atoms with Crippen LogP contribution in [0.15, 0.2) is 109 Å². The zero-order chi connectivity index (χ0) is 57.6. The first kappa shape index (κ1) is 75.0. The number of allylic oxidation sites excluding steroid dienone is 18. The van der Waals surface area contributed by atoms with Crippen molar-refractivity contribution in [2.45, 2.75) is 270 Å². The fraction of sp³-hybridized carbons (Fsp3) is 0.700. The quantitative estimate of drug-likeness (QED) is 0.0211. The molecule has 1 N–H and O–H groups in total. The number of nitrogens with zero attached hydrogens (tertiary/aromatic N) is 1. The summed E-state index contributed by atoms with van der Waals surface area (Å²) >= 11 is 0. The third-order valence-electron chi connectivity index (χ3n) is 13.5. The lowest BCUT2D eigenvalue weighted by atomic mass is 10.0. The summed E-state index contributed by atoms with van der Waals surface area (Å²) in [5.74, 6) is -2.02. The van der Waals surface area contributed by atoms with E-state index >= 15 is 0 Å². The van der Waals surface area contributed by atoms with E-state index in [0.717, 1.165) is 109 Å². The maximum atomic E-state index is 12.9. The van der Waals surface area contributed by atoms with Gasteiger partial charge in [0.15, 0.2) is 6.10 Å². The number of quaternary nitrogens is 1. The maximum absolute atomic E-state index is 12.9. The van der Waals surface area contributed by atoms with Crippen molar-refractivity contribution in [3.05, 3.63) is 109 Å². The zero-order valence-corrected chi connectivity index (χ0v) is 51.5. The van der Waals surface area contributed by atoms with Crippen LogP contribution in [0, 0.1) is 0 Å². The number of unbranched alkanes of at least 4 members (excludes halogenated alkanes) is 25. The van der Waals surface area contributed by atoms with Gasteiger partial charge in [-0.2, -0.15) is 0 Å². The normalized spacial score (nSPS) is 13.5. The Hall–Kier alpha value is -4.05. The third-order valence-corrected chi connectivity index (χ3v) is 13.5. The molecule has 9 heteroatoms. The molecule has 79 heavy (non-hydrogen) atoms. The Balaban J connectivity index is 4.03. The second kappa shape index (κ2) is 60.1. The van der Waals surface area contributed by atoms with Crippen LogP contribution >= 0.6 is 0 Å². The number of carboxylic acid groups (broad SMARTS) is 1. The van der Waals surface area contributed by atoms with Crippen LogP contribution < -0.4 is 0 Å². The fourth-order valence-electron chi connectivity index (χ4n) is 8.61. The van der Waals surface area contributed by atoms with E-state index in [1.54, 1.807) is 0 Å². The van der Waals surface area contributed by atoms with Gasteiger partial charge in [0.1, 0.15) is 13.2 Å². The van der Waals surface area contributed by atoms with Gasteiger partial charge in [0.05, 0.1) is 34.4 Å². The zero-order valence-electron chi connectivity index (χ0n) is 51.5. The number of carbonyl (C=O) groups is 3. The van der Waals surface area contributed by atoms with Crippen molar-refractivity contribution >= 4 is 17.9 Å². The van der Waals surface area contributed by atoms with Crippen molar-refractivity contribution < 1.29 is 42.9 Å². The monoisotopic (exact) mass is 1100 g/mol. The van der Waals surface area contributed by atoms with E-state index in [-0.39, 0.29) is 32.2 Å². The number of likely N-dealkylation sites (N-methyl/N-ethyl adjacent to an activating group) is 1. The summed E-state index contributed by atoms with van der Waals surface area (Å²) in [6, 6.07) is 0. The Morgan fingerprint density at radius 3 is 1.09 bits per heavy atom. The number of rotatable bonds is 58. The van der Waals surface area contributed by atoms with Crippen LogP contribution in [0.1, 0.15) is 258 Å². The van der Waals surface area contributed by atoms with Crippen molar-refractivity contribution in [3.8, 4) is 0 Å². The summed E-state index contributed by atoms with van der Waals surface area (Å²) in [5.41, 5.74) is 0. The van der Waals surface area contributed by atoms with Crippen LogP contribution in [0.5, 0.6) is 0 Å². The van der Waals surface area contributed by atoms with Gasteiger partial charge >= 0.3 is 17.9 Å². The minimum atomic E-state index is -1.51. The number of ether oxygens (including phenoxy) is 4. The predicted molar refractivity (Wildman–Crippen MR) is 336 cm³/mol. The molecule has 2 unspecified atom stereocenters. The van der Waals surface area contributed by atoms with Crippen molar-refractivity contribution in [3.63, 3.8) is 0 Å². The highest BCUT2D eigenvalue weighted by atomic mass is 16.7. The molecule has 0 aromatic carbocycles. The molecule has 0 bridgehead atoms. The first-order valence-electron chi connectivity index (χ1n) is 32.1. The highest BCUT2D eigenvalue weighted by Crippen LogP contribution is 2.16. The van der Waals surface area contributed by atoms with Crippen LogP contribution in [0.25, 0.3) is 0 Å². The Morgan fingerprint density at radius 2 is 0.722 bits per heavy atom. The molecule has 9 nitrogen and oxygen atoms in total. The average Bonchev–Trinajstić information content (AvgIpc) is 3.42. The molecular formula is C70H120NO8+. The minimum absolute atomic E-state index is 0.184. The number of hydrogen-bond donors (Lipinski definition) is 1. The molecule has 0 aliphatic heterocycles. The van der Waals surface area contributed by atoms with Crippen molar-refractivity contribution in [1.82, 2.24) is 0 Å². The highest BCUT2D eigenvalue weighted by Gasteiger charge is 2.25. The molecule has 0 fully saturated rings. The summed E-state index contributed by atoms with van der Waals surface area (Å²) in [6.45, 7) is 4.74. The van der Waals surface area contributed by atoms with Crippen molar-refractivity contribution in [1.29, 1.82) is 0 Å². The minimum Gasteiger partial charge on any atom is -0.477 e. The van der Waals surface area contributed by atoms with Gasteiger partial charge < -0.3 is 28.5 Å². The molecule has 0 spiro atoms. The fourth-order valence-corrected chi connectivity index (χ4v) is 8.61. The highest BCUT2D eigenvalue weighted by molar-refractivity contribution is 5.71. The number of aliphatic carboxylic acids is 1. The van der Waals surface area contributed by atoms with E-state index in [1.807, 2.05) is 21.1 Å². The van der Waals surface area contributed by atoms with E-state index in [4.69, 9.17) is 18.9 Å². The van der Waals surface area contributed by atoms with Crippen LogP contribution in [-0.2, 0) is 33.3 Å². The van der Waals surface area contributed by atoms with Crippen LogP contribution in [-0.4, -0.2) is 87.4 Å². The molecule has 0 aliphatic carbocycles. The Kier molecular flexibility index (Phi) is 57.0. The van der Waals surface area contributed by atoms with Crippen LogP contribution in [0.3, 0.4) is 0 Å². The van der Waals surface area contributed by atoms with Gasteiger partial charge in [-0.3, -0.25) is 9.59 Å². The lowest BCUT2D eigenvalue weighted by molar-refractivity contribution is -0.870. The van der Waals surface area contributed by atoms with Gasteiger partial charge in [0, 0.05) is 12.8 Å². The Bertz CT molecular complexity index is 1660. The number of carboxylic acids is 1. The van der Waals surface area contributed by atoms with Gasteiger partial charge in [-0.1, -0.05) is 252 Å². The van der Waals surface area contributed by atoms with Gasteiger partial charge in [-0.05, 0) is 103 Å². The topological polar surface area (TPSA) is 108 Å². The largest absolute Gasteiger partial charge is 0.477 e. The molecule has 0 amide bonds. The lowest BCUT2D eigenvalue weighted by Gasteiger charge is -2.25. The summed E-state index contributed by atoms with van der Waals surface area (Å²) in [4.78, 5) is 37.4. The summed E-state index contributed by atoms with van der Waals surface area (Å²) in [5, 5.41) is 9.70. The standard InChI is InChI=1S/C70H119NO8/c1-6-8-10-12-14-16-18-20-21-22-23-24-25-26-27-28-29-30-31-32-33-34-35-36-37-38-39-40-41-42-43-44-45-46-47-49-51-53-55-57-59-61-68(73)79-66(65-78-70(69(74)75)76-63-62-71(3,4)5)64-77-67(72)60-58-56-54-52-50-48-19-17-15-13-11-9-7-2/h8,10,14,16-17,19-21,23-24,26-27,29-30,32-33,35-36,66,70H,6-7,9,11-13,15,18,22,25,28,31,34,37-65H2,1-5H3/p+1/b10-8-,16-14-,19-17-,21-20-,24-23-,27-26-,30-29-,33-32-,36-35-. The summed E-state index contributed by atoms with van der Waals surface area (Å²) in [6.07, 6.45) is 80.5. The smallest absolute Gasteiger partial charge is 0.361 e. The van der Waals surface area contributed by atoms with E-state index < -0.39 is 24.3 Å². The van der Waals surface area contributed by atoms with Gasteiger partial charge in [-0.15, -0.1) is 0 Å². The molecule has 0 saturated carbocycles. The van der Waals surface area contributed by atoms with Crippen molar-refractivity contribution in [2.24, 2.45) is 0 Å². The lowest BCUT2D eigenvalue weighted by Crippen LogP contribution is -2.40. The number of esters is 2. The number of hydrogen-bond acceptors (Lipinski definition) is 7. The average molecular weight is 1100 g/mol. The van der Waals surface area contributed by atoms with Crippen LogP contribution in [0.2, 0.25) is 0 Å². The molecule has 0 aliphatic rings. The summed E-state index contributed by atoms with van der Waals surface area (Å²) < 4.78 is 22.9. The molecule has 2 atom stereocenters. The molecule has 0 aromatic rings. The van der Waals surface area contributed by atoms with E-state index in [1.165, 1.54) is 122 Å². The first-order valence-corrected chi connectivity index (χ1v) is 32.1. The molecule has 452 valence electrons. The van der Waals surface area contributed by atoms with E-state index in [9.17, 15) is 19.5 Å². The Morgan fingerprint density at radius 1 is 0.392 bits per heavy atom. The van der Waals surface area contributed by atoms with Gasteiger partial charge in [-0.25, -0.2) is 4.79 Å². The Labute approximate surface area is 485 Å². The van der Waals surface area contributed by atoms with Crippen molar-refractivity contribution in [2.75, 3.05) is 47.5 Å². The maximum Gasteiger partial charge on any atom is 0.361 e. The summed E-state index contributed by atoms with van der Waals surface area (Å²) in [7, 11) is 5.96. The second-order valence-corrected chi connectivity index (χ2v) is 22.3. The molecule has 0 rings (SSSR count). The van der Waals surface area contributed by atoms with E-state index in [0.29, 0.717) is 17.4 Å². The predicted octanol–water partition coefficient (Wildman–Crippen LogP) is 19.5. The second-order valence-electron chi connectivity index (χ2n) is 22.3. The molecule has 0 aromatic heterocycles. The number of carbonyl (C=O) groups excluding carboxylic acids is 2. The van der Waals surface area contributed by atoms with Crippen LogP contribution in [0.4, 0.5) is 0 Å². The first-order chi connectivity index (χ1) is 38.6. The van der Waals surface area contributed by atoms with E-state index in [2.05, 4.69) is 123 Å².